The van der Waals surface area contributed by atoms with Gasteiger partial charge in [-0.15, -0.1) is 0 Å². The highest BCUT2D eigenvalue weighted by atomic mass is 19.2. The summed E-state index contributed by atoms with van der Waals surface area (Å²) in [6.07, 6.45) is 0.718. The van der Waals surface area contributed by atoms with Gasteiger partial charge in [-0.1, -0.05) is 0 Å². The molecule has 11 heteroatoms. The van der Waals surface area contributed by atoms with Crippen LogP contribution in [0.1, 0.15) is 19.4 Å². The molecule has 1 saturated heterocycles. The number of aliphatic carboxylic acids is 1. The fourth-order valence-corrected chi connectivity index (χ4v) is 2.92. The molecule has 2 rings (SSSR count). The van der Waals surface area contributed by atoms with Crippen molar-refractivity contribution in [3.63, 3.8) is 0 Å². The van der Waals surface area contributed by atoms with Crippen LogP contribution < -0.4 is 4.90 Å². The summed E-state index contributed by atoms with van der Waals surface area (Å²) in [4.78, 5) is 29.4. The molecule has 0 radical (unpaired) electrons. The van der Waals surface area contributed by atoms with E-state index in [1.54, 1.807) is 0 Å². The minimum atomic E-state index is -1.69. The van der Waals surface area contributed by atoms with Gasteiger partial charge in [-0.2, -0.15) is 0 Å². The number of piperazine rings is 1. The molecule has 0 aromatic heterocycles. The van der Waals surface area contributed by atoms with Crippen molar-refractivity contribution in [2.45, 2.75) is 19.9 Å². The minimum Gasteiger partial charge on any atom is -0.506 e. The second-order valence-corrected chi connectivity index (χ2v) is 7.17. The molecule has 31 heavy (non-hydrogen) atoms. The molecular weight excluding hydrogens is 419 g/mol. The number of halogens is 3. The molecule has 1 aliphatic rings. The summed E-state index contributed by atoms with van der Waals surface area (Å²) >= 11 is 0. The number of likely N-dealkylation sites (N-methyl/N-ethyl adjacent to an activating group) is 1. The summed E-state index contributed by atoms with van der Waals surface area (Å²) in [5.74, 6) is -7.66. The first kappa shape index (κ1) is 24.2. The number of rotatable bonds is 7. The Morgan fingerprint density at radius 1 is 1.19 bits per heavy atom. The lowest BCUT2D eigenvalue weighted by molar-refractivity contribution is -0.141. The fraction of sp³-hybridized carbons (Fsp3) is 0.450. The van der Waals surface area contributed by atoms with Crippen LogP contribution in [0.3, 0.4) is 0 Å². The normalized spacial score (nSPS) is 16.9. The van der Waals surface area contributed by atoms with Gasteiger partial charge in [0.2, 0.25) is 0 Å². The van der Waals surface area contributed by atoms with Crippen LogP contribution in [-0.4, -0.2) is 79.1 Å². The van der Waals surface area contributed by atoms with E-state index < -0.39 is 58.0 Å². The van der Waals surface area contributed by atoms with E-state index in [9.17, 15) is 33.0 Å². The maximum Gasteiger partial charge on any atom is 0.341 e. The number of esters is 1. The van der Waals surface area contributed by atoms with Gasteiger partial charge in [-0.3, -0.25) is 9.79 Å². The minimum absolute atomic E-state index is 0.156. The van der Waals surface area contributed by atoms with Crippen molar-refractivity contribution < 1.29 is 37.7 Å². The number of carbonyl (C=O) groups is 2. The van der Waals surface area contributed by atoms with Gasteiger partial charge in [-0.25, -0.2) is 18.0 Å². The largest absolute Gasteiger partial charge is 0.506 e. The number of anilines is 1. The highest BCUT2D eigenvalue weighted by Gasteiger charge is 2.28. The molecule has 8 nitrogen and oxygen atoms in total. The van der Waals surface area contributed by atoms with E-state index in [0.717, 1.165) is 6.21 Å². The Labute approximate surface area is 177 Å². The molecule has 0 saturated carbocycles. The second-order valence-electron chi connectivity index (χ2n) is 7.17. The molecule has 2 N–H and O–H groups in total. The molecule has 170 valence electrons. The van der Waals surface area contributed by atoms with Crippen LogP contribution in [0.5, 0.6) is 0 Å². The Bertz CT molecular complexity index is 912. The van der Waals surface area contributed by atoms with Crippen LogP contribution in [0.4, 0.5) is 18.9 Å². The van der Waals surface area contributed by atoms with Crippen molar-refractivity contribution in [1.29, 1.82) is 0 Å². The molecule has 1 aliphatic heterocycles. The Morgan fingerprint density at radius 2 is 1.81 bits per heavy atom. The van der Waals surface area contributed by atoms with Crippen molar-refractivity contribution in [1.82, 2.24) is 4.90 Å². The van der Waals surface area contributed by atoms with Crippen LogP contribution in [-0.2, 0) is 14.3 Å². The molecule has 1 heterocycles. The number of aliphatic hydroxyl groups excluding tert-OH is 1. The van der Waals surface area contributed by atoms with Gasteiger partial charge in [0.05, 0.1) is 11.6 Å². The van der Waals surface area contributed by atoms with Gasteiger partial charge in [0.15, 0.2) is 11.6 Å². The topological polar surface area (TPSA) is 103 Å². The molecule has 0 bridgehead atoms. The third-order valence-electron chi connectivity index (χ3n) is 4.68. The number of hydrogen-bond donors (Lipinski definition) is 2. The lowest BCUT2D eigenvalue weighted by Crippen LogP contribution is -2.45. The highest BCUT2D eigenvalue weighted by molar-refractivity contribution is 6.14. The zero-order valence-electron chi connectivity index (χ0n) is 17.4. The van der Waals surface area contributed by atoms with Gasteiger partial charge in [0, 0.05) is 39.3 Å². The summed E-state index contributed by atoms with van der Waals surface area (Å²) < 4.78 is 48.8. The number of nitrogens with zero attached hydrogens (tertiary/aromatic N) is 3. The monoisotopic (exact) mass is 443 g/mol. The van der Waals surface area contributed by atoms with E-state index >= 15 is 0 Å². The van der Waals surface area contributed by atoms with Crippen molar-refractivity contribution in [3.05, 3.63) is 34.7 Å². The van der Waals surface area contributed by atoms with Crippen molar-refractivity contribution >= 4 is 29.6 Å². The molecule has 1 fully saturated rings. The predicted octanol–water partition coefficient (Wildman–Crippen LogP) is 2.23. The first-order valence-electron chi connectivity index (χ1n) is 9.47. The molecule has 1 unspecified atom stereocenters. The fourth-order valence-electron chi connectivity index (χ4n) is 2.92. The third kappa shape index (κ3) is 5.97. The number of aliphatic hydroxyl groups is 1. The van der Waals surface area contributed by atoms with Gasteiger partial charge >= 0.3 is 11.9 Å². The van der Waals surface area contributed by atoms with E-state index in [0.29, 0.717) is 19.2 Å². The number of carbonyl (C=O) groups excluding carboxylic acids is 1. The number of carboxylic acids is 1. The van der Waals surface area contributed by atoms with Crippen LogP contribution in [0.25, 0.3) is 5.76 Å². The van der Waals surface area contributed by atoms with Crippen LogP contribution in [0, 0.1) is 17.5 Å². The van der Waals surface area contributed by atoms with Gasteiger partial charge in [0.25, 0.3) is 0 Å². The summed E-state index contributed by atoms with van der Waals surface area (Å²) in [7, 11) is 1.85. The maximum absolute atomic E-state index is 14.7. The molecule has 1 aromatic rings. The second kappa shape index (κ2) is 10.3. The molecule has 0 amide bonds. The summed E-state index contributed by atoms with van der Waals surface area (Å²) in [5.41, 5.74) is -2.38. The zero-order chi connectivity index (χ0) is 23.3. The van der Waals surface area contributed by atoms with Gasteiger partial charge in [-0.05, 0) is 20.0 Å². The van der Waals surface area contributed by atoms with E-state index in [4.69, 9.17) is 4.74 Å². The molecule has 0 aliphatic carbocycles. The highest BCUT2D eigenvalue weighted by Crippen LogP contribution is 2.32. The Morgan fingerprint density at radius 3 is 2.35 bits per heavy atom. The number of carboxylic acid groups (broad SMARTS) is 1. The van der Waals surface area contributed by atoms with Crippen molar-refractivity contribution in [2.24, 2.45) is 4.99 Å². The lowest BCUT2D eigenvalue weighted by Gasteiger charge is -2.34. The average molecular weight is 443 g/mol. The smallest absolute Gasteiger partial charge is 0.341 e. The third-order valence-corrected chi connectivity index (χ3v) is 4.68. The Kier molecular flexibility index (Phi) is 8.03. The predicted molar refractivity (Wildman–Crippen MR) is 108 cm³/mol. The quantitative estimate of drug-likeness (QED) is 0.219. The lowest BCUT2D eigenvalue weighted by atomic mass is 10.1. The molecular formula is C20H24F3N3O5. The van der Waals surface area contributed by atoms with Crippen LogP contribution in [0.2, 0.25) is 0 Å². The van der Waals surface area contributed by atoms with Crippen molar-refractivity contribution in [3.8, 4) is 0 Å². The van der Waals surface area contributed by atoms with Crippen LogP contribution >= 0.6 is 0 Å². The number of benzene rings is 1. The van der Waals surface area contributed by atoms with Gasteiger partial charge < -0.3 is 24.7 Å². The summed E-state index contributed by atoms with van der Waals surface area (Å²) in [6, 6.07) is -0.121. The van der Waals surface area contributed by atoms with E-state index in [-0.39, 0.29) is 19.7 Å². The average Bonchev–Trinajstić information content (AvgIpc) is 2.70. The van der Waals surface area contributed by atoms with Crippen LogP contribution in [0.15, 0.2) is 16.6 Å². The summed E-state index contributed by atoms with van der Waals surface area (Å²) in [6.45, 7) is 4.13. The first-order chi connectivity index (χ1) is 14.5. The molecule has 1 atom stereocenters. The van der Waals surface area contributed by atoms with Gasteiger partial charge in [0.1, 0.15) is 29.4 Å². The summed E-state index contributed by atoms with van der Waals surface area (Å²) in [5, 5.41) is 19.6. The van der Waals surface area contributed by atoms with E-state index in [2.05, 4.69) is 4.99 Å². The number of aliphatic imine (C=N–C) groups is 1. The standard InChI is InChI=1S/C20H24F3N3O5/c1-11(10-31-12(2)27)24-9-14(20(29)30)19(28)13-8-15(21)18(17(23)16(13)22)26-6-4-25(3)5-7-26/h8-9,11,28H,4-7,10H2,1-3H3,(H,29,30). The molecule has 0 spiro atoms. The Balaban J connectivity index is 2.40. The number of hydrogen-bond acceptors (Lipinski definition) is 7. The first-order valence-corrected chi connectivity index (χ1v) is 9.47. The maximum atomic E-state index is 14.7. The van der Waals surface area contributed by atoms with Crippen molar-refractivity contribution in [2.75, 3.05) is 44.7 Å². The number of ether oxygens (including phenoxy) is 1. The van der Waals surface area contributed by atoms with E-state index in [1.807, 2.05) is 11.9 Å². The Hall–Kier alpha value is -3.08. The SMILES string of the molecule is CC(=O)OCC(C)N=CC(C(=O)O)=C(O)c1cc(F)c(N2CCN(C)CC2)c(F)c1F. The molecule has 1 aromatic carbocycles. The zero-order valence-corrected chi connectivity index (χ0v) is 17.4. The van der Waals surface area contributed by atoms with E-state index in [1.165, 1.54) is 18.7 Å².